The van der Waals surface area contributed by atoms with E-state index in [1.54, 1.807) is 0 Å². The zero-order valence-electron chi connectivity index (χ0n) is 5.83. The molecule has 0 saturated heterocycles. The van der Waals surface area contributed by atoms with Crippen LogP contribution >= 0.6 is 0 Å². The predicted molar refractivity (Wildman–Crippen MR) is 32.3 cm³/mol. The molecule has 0 bridgehead atoms. The molecule has 0 saturated carbocycles. The number of alkyl halides is 3. The van der Waals surface area contributed by atoms with Gasteiger partial charge < -0.3 is 0 Å². The molecule has 0 amide bonds. The maximum absolute atomic E-state index is 9.67. The van der Waals surface area contributed by atoms with Crippen molar-refractivity contribution >= 4 is 0 Å². The Kier molecular flexibility index (Phi) is 13.8. The van der Waals surface area contributed by atoms with Gasteiger partial charge in [-0.15, -0.1) is 0 Å². The van der Waals surface area contributed by atoms with Gasteiger partial charge in [-0.1, -0.05) is 33.1 Å². The standard InChI is InChI=1S/C5H12.CHF3/c1-3-5-4-2;2-1(3)4/h3-5H2,1-2H3;1H. The molecule has 0 aliphatic rings. The van der Waals surface area contributed by atoms with Gasteiger partial charge in [0.1, 0.15) is 0 Å². The zero-order chi connectivity index (χ0) is 7.70. The fourth-order valence-corrected chi connectivity index (χ4v) is 0.354. The van der Waals surface area contributed by atoms with Gasteiger partial charge in [-0.05, 0) is 0 Å². The topological polar surface area (TPSA) is 0 Å². The molecule has 3 heteroatoms. The SMILES string of the molecule is CCCCC.FC(F)F. The summed E-state index contributed by atoms with van der Waals surface area (Å²) < 4.78 is 29.0. The first-order valence-corrected chi connectivity index (χ1v) is 3.07. The lowest BCUT2D eigenvalue weighted by molar-refractivity contribution is 0.00819. The van der Waals surface area contributed by atoms with Gasteiger partial charge in [0.25, 0.3) is 0 Å². The van der Waals surface area contributed by atoms with Gasteiger partial charge in [0.2, 0.25) is 0 Å². The molecule has 0 aliphatic heterocycles. The first kappa shape index (κ1) is 11.6. The summed E-state index contributed by atoms with van der Waals surface area (Å²) >= 11 is 0. The third kappa shape index (κ3) is 81.5. The van der Waals surface area contributed by atoms with Crippen LogP contribution in [0.5, 0.6) is 0 Å². The van der Waals surface area contributed by atoms with Crippen LogP contribution in [0.25, 0.3) is 0 Å². The molecule has 0 spiro atoms. The summed E-state index contributed by atoms with van der Waals surface area (Å²) in [6, 6.07) is 0. The second-order valence-corrected chi connectivity index (χ2v) is 1.60. The average molecular weight is 142 g/mol. The maximum atomic E-state index is 9.67. The molecule has 0 aliphatic carbocycles. The van der Waals surface area contributed by atoms with Crippen LogP contribution in [0.1, 0.15) is 33.1 Å². The van der Waals surface area contributed by atoms with Gasteiger partial charge in [-0.2, -0.15) is 13.2 Å². The highest BCUT2D eigenvalue weighted by Crippen LogP contribution is 1.88. The number of unbranched alkanes of at least 4 members (excludes halogenated alkanes) is 2. The Balaban J connectivity index is 0. The van der Waals surface area contributed by atoms with Gasteiger partial charge >= 0.3 is 6.68 Å². The molecule has 0 fully saturated rings. The van der Waals surface area contributed by atoms with Crippen LogP contribution in [-0.2, 0) is 0 Å². The summed E-state index contributed by atoms with van der Waals surface area (Å²) in [5.74, 6) is 0. The van der Waals surface area contributed by atoms with E-state index in [1.165, 1.54) is 19.3 Å². The molecule has 0 nitrogen and oxygen atoms in total. The van der Waals surface area contributed by atoms with Crippen LogP contribution < -0.4 is 0 Å². The maximum Gasteiger partial charge on any atom is 0.379 e. The lowest BCUT2D eigenvalue weighted by atomic mass is 10.3. The molecule has 0 aromatic rings. The van der Waals surface area contributed by atoms with E-state index in [1.807, 2.05) is 0 Å². The fourth-order valence-electron chi connectivity index (χ4n) is 0.354. The Hall–Kier alpha value is -0.210. The van der Waals surface area contributed by atoms with E-state index < -0.39 is 6.68 Å². The van der Waals surface area contributed by atoms with Crippen molar-refractivity contribution in [2.75, 3.05) is 0 Å². The van der Waals surface area contributed by atoms with Crippen LogP contribution in [-0.4, -0.2) is 6.68 Å². The Morgan fingerprint density at radius 3 is 1.22 bits per heavy atom. The number of rotatable bonds is 2. The zero-order valence-corrected chi connectivity index (χ0v) is 5.83. The number of halogens is 3. The predicted octanol–water partition coefficient (Wildman–Crippen LogP) is 3.38. The van der Waals surface area contributed by atoms with Crippen molar-refractivity contribution in [3.63, 3.8) is 0 Å². The second-order valence-electron chi connectivity index (χ2n) is 1.60. The van der Waals surface area contributed by atoms with Crippen LogP contribution in [0, 0.1) is 0 Å². The summed E-state index contributed by atoms with van der Waals surface area (Å²) in [6.07, 6.45) is 4.08. The van der Waals surface area contributed by atoms with Crippen LogP contribution in [0.4, 0.5) is 13.2 Å². The highest BCUT2D eigenvalue weighted by Gasteiger charge is 1.86. The largest absolute Gasteiger partial charge is 0.379 e. The third-order valence-electron chi connectivity index (χ3n) is 0.707. The van der Waals surface area contributed by atoms with Crippen molar-refractivity contribution in [3.05, 3.63) is 0 Å². The van der Waals surface area contributed by atoms with Crippen molar-refractivity contribution in [2.24, 2.45) is 0 Å². The molecule has 0 N–H and O–H groups in total. The highest BCUT2D eigenvalue weighted by atomic mass is 19.4. The van der Waals surface area contributed by atoms with Crippen LogP contribution in [0.15, 0.2) is 0 Å². The van der Waals surface area contributed by atoms with E-state index in [-0.39, 0.29) is 0 Å². The van der Waals surface area contributed by atoms with Crippen LogP contribution in [0.3, 0.4) is 0 Å². The van der Waals surface area contributed by atoms with E-state index in [0.29, 0.717) is 0 Å². The molecular formula is C6H13F3. The van der Waals surface area contributed by atoms with E-state index >= 15 is 0 Å². The minimum atomic E-state index is -3.67. The van der Waals surface area contributed by atoms with Crippen molar-refractivity contribution in [2.45, 2.75) is 39.8 Å². The van der Waals surface area contributed by atoms with Crippen molar-refractivity contribution < 1.29 is 13.2 Å². The van der Waals surface area contributed by atoms with E-state index in [9.17, 15) is 13.2 Å². The van der Waals surface area contributed by atoms with Crippen molar-refractivity contribution in [1.82, 2.24) is 0 Å². The summed E-state index contributed by atoms with van der Waals surface area (Å²) in [6.45, 7) is 0.757. The third-order valence-corrected chi connectivity index (χ3v) is 0.707. The molecule has 0 radical (unpaired) electrons. The Morgan fingerprint density at radius 2 is 1.22 bits per heavy atom. The molecule has 0 unspecified atom stereocenters. The normalized spacial score (nSPS) is 8.67. The first-order chi connectivity index (χ1) is 4.15. The lowest BCUT2D eigenvalue weighted by Gasteiger charge is -1.79. The summed E-state index contributed by atoms with van der Waals surface area (Å²) in [4.78, 5) is 0. The molecule has 0 rings (SSSR count). The van der Waals surface area contributed by atoms with Crippen molar-refractivity contribution in [3.8, 4) is 0 Å². The molecule has 9 heavy (non-hydrogen) atoms. The van der Waals surface area contributed by atoms with Gasteiger partial charge in [-0.3, -0.25) is 0 Å². The van der Waals surface area contributed by atoms with Gasteiger partial charge in [0.05, 0.1) is 0 Å². The van der Waals surface area contributed by atoms with Gasteiger partial charge in [0, 0.05) is 0 Å². The summed E-state index contributed by atoms with van der Waals surface area (Å²) in [5, 5.41) is 0. The fraction of sp³-hybridized carbons (Fsp3) is 1.00. The molecule has 0 atom stereocenters. The lowest BCUT2D eigenvalue weighted by Crippen LogP contribution is -1.65. The van der Waals surface area contributed by atoms with Crippen LogP contribution in [0.2, 0.25) is 0 Å². The molecule has 0 heterocycles. The Morgan fingerprint density at radius 1 is 1.00 bits per heavy atom. The highest BCUT2D eigenvalue weighted by molar-refractivity contribution is 4.24. The van der Waals surface area contributed by atoms with E-state index in [2.05, 4.69) is 13.8 Å². The number of hydrogen-bond acceptors (Lipinski definition) is 0. The van der Waals surface area contributed by atoms with E-state index in [4.69, 9.17) is 0 Å². The summed E-state index contributed by atoms with van der Waals surface area (Å²) in [7, 11) is 0. The first-order valence-electron chi connectivity index (χ1n) is 3.07. The smallest absolute Gasteiger partial charge is 0.174 e. The molecular weight excluding hydrogens is 129 g/mol. The number of hydrogen-bond donors (Lipinski definition) is 0. The van der Waals surface area contributed by atoms with E-state index in [0.717, 1.165) is 0 Å². The van der Waals surface area contributed by atoms with Gasteiger partial charge in [-0.25, -0.2) is 0 Å². The minimum Gasteiger partial charge on any atom is -0.174 e. The monoisotopic (exact) mass is 142 g/mol. The Labute approximate surface area is 54.1 Å². The molecule has 0 aromatic heterocycles. The quantitative estimate of drug-likeness (QED) is 0.554. The van der Waals surface area contributed by atoms with Crippen molar-refractivity contribution in [1.29, 1.82) is 0 Å². The Bertz CT molecular complexity index is 32.5. The summed E-state index contributed by atoms with van der Waals surface area (Å²) in [5.41, 5.74) is 0. The molecule has 0 aromatic carbocycles. The minimum absolute atomic E-state index is 1.34. The second kappa shape index (κ2) is 10.7. The molecule has 58 valence electrons. The average Bonchev–Trinajstić information content (AvgIpc) is 1.66. The van der Waals surface area contributed by atoms with Gasteiger partial charge in [0.15, 0.2) is 0 Å².